The molecule has 1 aromatic carbocycles. The van der Waals surface area contributed by atoms with Gasteiger partial charge in [-0.15, -0.1) is 0 Å². The molecule has 0 amide bonds. The number of nitrogens with zero attached hydrogens (tertiary/aromatic N) is 3. The lowest BCUT2D eigenvalue weighted by Gasteiger charge is -2.07. The molecule has 1 unspecified atom stereocenters. The van der Waals surface area contributed by atoms with Crippen molar-refractivity contribution in [1.29, 1.82) is 0 Å². The van der Waals surface area contributed by atoms with Crippen LogP contribution in [0.4, 0.5) is 4.39 Å². The van der Waals surface area contributed by atoms with Gasteiger partial charge in [-0.1, -0.05) is 11.8 Å². The Balaban J connectivity index is 1.61. The summed E-state index contributed by atoms with van der Waals surface area (Å²) in [6.45, 7) is 0.412. The lowest BCUT2D eigenvalue weighted by molar-refractivity contribution is -0.126. The summed E-state index contributed by atoms with van der Waals surface area (Å²) in [6.07, 6.45) is 2.86. The van der Waals surface area contributed by atoms with E-state index in [1.54, 1.807) is 24.5 Å². The molecule has 6 nitrogen and oxygen atoms in total. The maximum atomic E-state index is 13.4. The molecule has 0 spiro atoms. The number of Topliss-reactive ketones (excluding diaryl/α,β-unsaturated/α-hetero) is 2. The summed E-state index contributed by atoms with van der Waals surface area (Å²) in [7, 11) is 1.87. The summed E-state index contributed by atoms with van der Waals surface area (Å²) < 4.78 is 20.2. The van der Waals surface area contributed by atoms with Crippen molar-refractivity contribution >= 4 is 23.3 Å². The van der Waals surface area contributed by atoms with E-state index >= 15 is 0 Å². The minimum Gasteiger partial charge on any atom is -0.365 e. The van der Waals surface area contributed by atoms with Crippen LogP contribution in [-0.2, 0) is 21.4 Å². The second-order valence-electron chi connectivity index (χ2n) is 6.69. The zero-order valence-corrected chi connectivity index (χ0v) is 16.5. The molecule has 0 radical (unpaired) electrons. The quantitative estimate of drug-likeness (QED) is 0.322. The van der Waals surface area contributed by atoms with Crippen LogP contribution in [0, 0.1) is 5.82 Å². The van der Waals surface area contributed by atoms with Gasteiger partial charge >= 0.3 is 0 Å². The number of imidazole rings is 1. The molecule has 148 valence electrons. The first-order valence-corrected chi connectivity index (χ1v) is 10.0. The van der Waals surface area contributed by atoms with E-state index in [0.717, 1.165) is 16.8 Å². The highest BCUT2D eigenvalue weighted by Crippen LogP contribution is 2.35. The Hall–Kier alpha value is -2.84. The summed E-state index contributed by atoms with van der Waals surface area (Å²) in [5.41, 5.74) is 3.22. The third kappa shape index (κ3) is 4.44. The fraction of sp³-hybridized carbons (Fsp3) is 0.238. The Morgan fingerprint density at radius 1 is 1.17 bits per heavy atom. The number of benzene rings is 1. The Labute approximate surface area is 171 Å². The summed E-state index contributed by atoms with van der Waals surface area (Å²) in [6, 6.07) is 9.88. The second kappa shape index (κ2) is 8.26. The van der Waals surface area contributed by atoms with E-state index < -0.39 is 6.10 Å². The predicted molar refractivity (Wildman–Crippen MR) is 107 cm³/mol. The first kappa shape index (κ1) is 19.5. The Morgan fingerprint density at radius 2 is 1.86 bits per heavy atom. The number of rotatable bonds is 8. The van der Waals surface area contributed by atoms with Crippen LogP contribution in [0.5, 0.6) is 0 Å². The van der Waals surface area contributed by atoms with E-state index in [4.69, 9.17) is 9.72 Å². The molecule has 1 aliphatic heterocycles. The molecule has 1 atom stereocenters. The summed E-state index contributed by atoms with van der Waals surface area (Å²) in [5.74, 6) is -0.506. The van der Waals surface area contributed by atoms with Gasteiger partial charge in [-0.3, -0.25) is 14.6 Å². The molecule has 0 bridgehead atoms. The van der Waals surface area contributed by atoms with Gasteiger partial charge in [-0.05, 0) is 36.4 Å². The van der Waals surface area contributed by atoms with Gasteiger partial charge in [0.2, 0.25) is 0 Å². The number of halogens is 1. The van der Waals surface area contributed by atoms with E-state index in [-0.39, 0.29) is 29.6 Å². The maximum absolute atomic E-state index is 13.4. The van der Waals surface area contributed by atoms with E-state index in [1.165, 1.54) is 23.9 Å². The van der Waals surface area contributed by atoms with Crippen LogP contribution in [0.25, 0.3) is 22.5 Å². The zero-order chi connectivity index (χ0) is 20.4. The fourth-order valence-corrected chi connectivity index (χ4v) is 3.83. The molecular weight excluding hydrogens is 393 g/mol. The topological polar surface area (TPSA) is 77.4 Å². The molecular formula is C21H18FN3O3S. The molecule has 0 saturated carbocycles. The molecule has 29 heavy (non-hydrogen) atoms. The number of thioether (sulfide) groups is 1. The van der Waals surface area contributed by atoms with Crippen LogP contribution in [-0.4, -0.2) is 44.6 Å². The standard InChI is InChI=1S/C21H18FN3O3S/c1-25-20(14-6-8-23-9-7-14)19(13-2-4-15(22)5-3-13)24-21(25)29-12-16(26)10-17(27)18-11-28-18/h2-9,18H,10-12H2,1H3. The van der Waals surface area contributed by atoms with E-state index in [0.29, 0.717) is 17.5 Å². The normalized spacial score (nSPS) is 15.3. The van der Waals surface area contributed by atoms with E-state index in [1.807, 2.05) is 23.7 Å². The number of ketones is 2. The van der Waals surface area contributed by atoms with Crippen LogP contribution >= 0.6 is 11.8 Å². The molecule has 8 heteroatoms. The van der Waals surface area contributed by atoms with Gasteiger partial charge in [0.25, 0.3) is 0 Å². The van der Waals surface area contributed by atoms with Crippen molar-refractivity contribution in [2.75, 3.05) is 12.4 Å². The number of pyridine rings is 1. The Kier molecular flexibility index (Phi) is 5.55. The lowest BCUT2D eigenvalue weighted by atomic mass is 10.1. The van der Waals surface area contributed by atoms with Gasteiger partial charge in [-0.25, -0.2) is 9.37 Å². The van der Waals surface area contributed by atoms with Crippen molar-refractivity contribution in [3.05, 3.63) is 54.6 Å². The summed E-state index contributed by atoms with van der Waals surface area (Å²) >= 11 is 1.28. The third-order valence-electron chi connectivity index (χ3n) is 4.55. The first-order chi connectivity index (χ1) is 14.0. The van der Waals surface area contributed by atoms with Crippen LogP contribution in [0.2, 0.25) is 0 Å². The minimum absolute atomic E-state index is 0.121. The number of hydrogen-bond acceptors (Lipinski definition) is 6. The van der Waals surface area contributed by atoms with Crippen molar-refractivity contribution < 1.29 is 18.7 Å². The fourth-order valence-electron chi connectivity index (χ4n) is 2.99. The highest BCUT2D eigenvalue weighted by Gasteiger charge is 2.32. The van der Waals surface area contributed by atoms with Crippen molar-refractivity contribution in [1.82, 2.24) is 14.5 Å². The van der Waals surface area contributed by atoms with Crippen molar-refractivity contribution in [2.24, 2.45) is 7.05 Å². The average Bonchev–Trinajstić information content (AvgIpc) is 3.52. The number of aromatic nitrogens is 3. The molecule has 4 rings (SSSR count). The van der Waals surface area contributed by atoms with Gasteiger partial charge in [0.1, 0.15) is 11.9 Å². The lowest BCUT2D eigenvalue weighted by Crippen LogP contribution is -2.14. The van der Waals surface area contributed by atoms with Gasteiger partial charge in [-0.2, -0.15) is 0 Å². The SMILES string of the molecule is Cn1c(SCC(=O)CC(=O)C2CO2)nc(-c2ccc(F)cc2)c1-c1ccncc1. The maximum Gasteiger partial charge on any atom is 0.171 e. The van der Waals surface area contributed by atoms with Crippen LogP contribution in [0.15, 0.2) is 53.9 Å². The van der Waals surface area contributed by atoms with Crippen molar-refractivity contribution in [3.63, 3.8) is 0 Å². The average molecular weight is 411 g/mol. The number of carbonyl (C=O) groups is 2. The zero-order valence-electron chi connectivity index (χ0n) is 15.7. The number of epoxide rings is 1. The Bertz CT molecular complexity index is 1050. The molecule has 3 heterocycles. The number of carbonyl (C=O) groups excluding carboxylic acids is 2. The van der Waals surface area contributed by atoms with Gasteiger partial charge in [0, 0.05) is 30.6 Å². The largest absolute Gasteiger partial charge is 0.365 e. The van der Waals surface area contributed by atoms with Crippen LogP contribution < -0.4 is 0 Å². The molecule has 2 aromatic heterocycles. The number of hydrogen-bond donors (Lipinski definition) is 0. The minimum atomic E-state index is -0.402. The summed E-state index contributed by atoms with van der Waals surface area (Å²) in [4.78, 5) is 32.7. The monoisotopic (exact) mass is 411 g/mol. The van der Waals surface area contributed by atoms with Gasteiger partial charge in [0.15, 0.2) is 16.7 Å². The molecule has 0 aliphatic carbocycles. The van der Waals surface area contributed by atoms with Gasteiger partial charge in [0.05, 0.1) is 30.2 Å². The summed E-state index contributed by atoms with van der Waals surface area (Å²) in [5, 5.41) is 0.639. The van der Waals surface area contributed by atoms with Crippen molar-refractivity contribution in [2.45, 2.75) is 17.7 Å². The molecule has 1 fully saturated rings. The molecule has 0 N–H and O–H groups in total. The molecule has 3 aromatic rings. The smallest absolute Gasteiger partial charge is 0.171 e. The number of ether oxygens (including phenoxy) is 1. The Morgan fingerprint density at radius 3 is 2.52 bits per heavy atom. The van der Waals surface area contributed by atoms with E-state index in [9.17, 15) is 14.0 Å². The highest BCUT2D eigenvalue weighted by atomic mass is 32.2. The second-order valence-corrected chi connectivity index (χ2v) is 7.63. The first-order valence-electron chi connectivity index (χ1n) is 9.05. The highest BCUT2D eigenvalue weighted by molar-refractivity contribution is 7.99. The van der Waals surface area contributed by atoms with Crippen molar-refractivity contribution in [3.8, 4) is 22.5 Å². The molecule has 1 aliphatic rings. The predicted octanol–water partition coefficient (Wildman–Crippen LogP) is 3.31. The van der Waals surface area contributed by atoms with Gasteiger partial charge < -0.3 is 9.30 Å². The van der Waals surface area contributed by atoms with E-state index in [2.05, 4.69) is 4.98 Å². The molecule has 1 saturated heterocycles. The third-order valence-corrected chi connectivity index (χ3v) is 5.64. The van der Waals surface area contributed by atoms with Crippen LogP contribution in [0.1, 0.15) is 6.42 Å². The van der Waals surface area contributed by atoms with Crippen LogP contribution in [0.3, 0.4) is 0 Å².